The molecule has 0 aliphatic carbocycles. The Kier molecular flexibility index (Phi) is 5.96. The first-order valence-electron chi connectivity index (χ1n) is 7.75. The first-order valence-corrected chi connectivity index (χ1v) is 7.75. The van der Waals surface area contributed by atoms with Crippen LogP contribution in [-0.4, -0.2) is 13.2 Å². The largest absolute Gasteiger partial charge is 0.494 e. The average Bonchev–Trinajstić information content (AvgIpc) is 2.51. The molecule has 2 N–H and O–H groups in total. The van der Waals surface area contributed by atoms with E-state index in [2.05, 4.69) is 26.0 Å². The molecule has 2 aromatic carbocycles. The van der Waals surface area contributed by atoms with E-state index in [0.29, 0.717) is 13.2 Å². The van der Waals surface area contributed by atoms with Crippen molar-refractivity contribution in [3.05, 3.63) is 65.0 Å². The van der Waals surface area contributed by atoms with Crippen LogP contribution in [0.5, 0.6) is 5.75 Å². The van der Waals surface area contributed by atoms with Crippen LogP contribution in [0.3, 0.4) is 0 Å². The smallest absolute Gasteiger partial charge is 0.123 e. The zero-order valence-electron chi connectivity index (χ0n) is 13.3. The molecule has 0 aliphatic rings. The molecule has 0 saturated carbocycles. The molecule has 0 saturated heterocycles. The van der Waals surface area contributed by atoms with Crippen LogP contribution in [0.2, 0.25) is 0 Å². The van der Waals surface area contributed by atoms with Gasteiger partial charge in [0.1, 0.15) is 11.6 Å². The Morgan fingerprint density at radius 1 is 1.09 bits per heavy atom. The molecule has 2 nitrogen and oxygen atoms in total. The Morgan fingerprint density at radius 3 is 2.59 bits per heavy atom. The minimum atomic E-state index is -0.206. The summed E-state index contributed by atoms with van der Waals surface area (Å²) in [6, 6.07) is 12.8. The Bertz CT molecular complexity index is 612. The molecule has 0 heterocycles. The molecule has 22 heavy (non-hydrogen) atoms. The van der Waals surface area contributed by atoms with Crippen LogP contribution in [0.25, 0.3) is 0 Å². The van der Waals surface area contributed by atoms with Gasteiger partial charge in [0.15, 0.2) is 0 Å². The van der Waals surface area contributed by atoms with Gasteiger partial charge in [-0.05, 0) is 80.1 Å². The molecule has 1 atom stereocenters. The number of rotatable bonds is 7. The first-order chi connectivity index (χ1) is 10.6. The van der Waals surface area contributed by atoms with Crippen molar-refractivity contribution in [1.82, 2.24) is 0 Å². The molecule has 1 unspecified atom stereocenters. The summed E-state index contributed by atoms with van der Waals surface area (Å²) in [5.41, 5.74) is 9.29. The zero-order chi connectivity index (χ0) is 15.9. The van der Waals surface area contributed by atoms with Crippen molar-refractivity contribution in [2.75, 3.05) is 13.2 Å². The van der Waals surface area contributed by atoms with Gasteiger partial charge in [-0.1, -0.05) is 18.2 Å². The van der Waals surface area contributed by atoms with Crippen LogP contribution in [0.4, 0.5) is 4.39 Å². The van der Waals surface area contributed by atoms with Gasteiger partial charge in [-0.15, -0.1) is 0 Å². The predicted molar refractivity (Wildman–Crippen MR) is 88.8 cm³/mol. The molecule has 3 heteroatoms. The fraction of sp³-hybridized carbons (Fsp3) is 0.368. The Labute approximate surface area is 132 Å². The van der Waals surface area contributed by atoms with Gasteiger partial charge >= 0.3 is 0 Å². The number of aryl methyl sites for hydroxylation is 2. The fourth-order valence-electron chi connectivity index (χ4n) is 2.50. The van der Waals surface area contributed by atoms with Crippen LogP contribution >= 0.6 is 0 Å². The highest BCUT2D eigenvalue weighted by molar-refractivity contribution is 5.33. The topological polar surface area (TPSA) is 35.2 Å². The molecule has 2 rings (SSSR count). The van der Waals surface area contributed by atoms with Gasteiger partial charge in [0.2, 0.25) is 0 Å². The predicted octanol–water partition coefficient (Wildman–Crippen LogP) is 4.34. The van der Waals surface area contributed by atoms with Crippen LogP contribution < -0.4 is 10.5 Å². The van der Waals surface area contributed by atoms with Crippen LogP contribution in [0, 0.1) is 19.7 Å². The SMILES string of the molecule is Cc1ccc(OCCCC(CN)c2cccc(F)c2)cc1C. The number of hydrogen-bond donors (Lipinski definition) is 1. The van der Waals surface area contributed by atoms with E-state index in [1.54, 1.807) is 12.1 Å². The molecular weight excluding hydrogens is 277 g/mol. The molecular formula is C19H24FNO. The number of nitrogens with two attached hydrogens (primary N) is 1. The standard InChI is InChI=1S/C19H24FNO/c1-14-8-9-19(11-15(14)2)22-10-4-6-17(13-21)16-5-3-7-18(20)12-16/h3,5,7-9,11-12,17H,4,6,10,13,21H2,1-2H3. The Morgan fingerprint density at radius 2 is 1.91 bits per heavy atom. The van der Waals surface area contributed by atoms with E-state index < -0.39 is 0 Å². The zero-order valence-corrected chi connectivity index (χ0v) is 13.3. The van der Waals surface area contributed by atoms with Gasteiger partial charge in [-0.3, -0.25) is 0 Å². The second-order valence-corrected chi connectivity index (χ2v) is 5.72. The summed E-state index contributed by atoms with van der Waals surface area (Å²) in [7, 11) is 0. The van der Waals surface area contributed by atoms with E-state index in [1.165, 1.54) is 17.2 Å². The molecule has 118 valence electrons. The lowest BCUT2D eigenvalue weighted by atomic mass is 9.94. The van der Waals surface area contributed by atoms with Crippen molar-refractivity contribution in [2.24, 2.45) is 5.73 Å². The van der Waals surface area contributed by atoms with Gasteiger partial charge in [0, 0.05) is 0 Å². The van der Waals surface area contributed by atoms with E-state index in [-0.39, 0.29) is 11.7 Å². The molecule has 0 bridgehead atoms. The summed E-state index contributed by atoms with van der Waals surface area (Å²) in [4.78, 5) is 0. The molecule has 2 aromatic rings. The maximum absolute atomic E-state index is 13.3. The van der Waals surface area contributed by atoms with Gasteiger partial charge in [-0.2, -0.15) is 0 Å². The highest BCUT2D eigenvalue weighted by Crippen LogP contribution is 2.22. The third-order valence-electron chi connectivity index (χ3n) is 4.05. The summed E-state index contributed by atoms with van der Waals surface area (Å²) < 4.78 is 19.1. The molecule has 0 radical (unpaired) electrons. The van der Waals surface area contributed by atoms with Crippen molar-refractivity contribution in [2.45, 2.75) is 32.6 Å². The third-order valence-corrected chi connectivity index (χ3v) is 4.05. The molecule has 0 aromatic heterocycles. The second kappa shape index (κ2) is 7.95. The highest BCUT2D eigenvalue weighted by Gasteiger charge is 2.10. The first kappa shape index (κ1) is 16.5. The number of hydrogen-bond acceptors (Lipinski definition) is 2. The Hall–Kier alpha value is -1.87. The summed E-state index contributed by atoms with van der Waals surface area (Å²) >= 11 is 0. The number of halogens is 1. The third kappa shape index (κ3) is 4.57. The maximum Gasteiger partial charge on any atom is 0.123 e. The van der Waals surface area contributed by atoms with Gasteiger partial charge in [0.05, 0.1) is 6.61 Å². The van der Waals surface area contributed by atoms with E-state index in [0.717, 1.165) is 24.2 Å². The lowest BCUT2D eigenvalue weighted by Crippen LogP contribution is -2.14. The van der Waals surface area contributed by atoms with Gasteiger partial charge in [0.25, 0.3) is 0 Å². The van der Waals surface area contributed by atoms with Crippen molar-refractivity contribution in [3.8, 4) is 5.75 Å². The van der Waals surface area contributed by atoms with Crippen LogP contribution in [0.1, 0.15) is 35.4 Å². The van der Waals surface area contributed by atoms with Gasteiger partial charge < -0.3 is 10.5 Å². The fourth-order valence-corrected chi connectivity index (χ4v) is 2.50. The van der Waals surface area contributed by atoms with Crippen LogP contribution in [0.15, 0.2) is 42.5 Å². The van der Waals surface area contributed by atoms with E-state index in [9.17, 15) is 4.39 Å². The average molecular weight is 301 g/mol. The molecule has 0 spiro atoms. The minimum Gasteiger partial charge on any atom is -0.494 e. The summed E-state index contributed by atoms with van der Waals surface area (Å²) in [6.45, 7) is 5.34. The quantitative estimate of drug-likeness (QED) is 0.772. The second-order valence-electron chi connectivity index (χ2n) is 5.72. The monoisotopic (exact) mass is 301 g/mol. The highest BCUT2D eigenvalue weighted by atomic mass is 19.1. The Balaban J connectivity index is 1.83. The lowest BCUT2D eigenvalue weighted by Gasteiger charge is -2.15. The van der Waals surface area contributed by atoms with E-state index >= 15 is 0 Å². The number of ether oxygens (including phenoxy) is 1. The minimum absolute atomic E-state index is 0.180. The number of benzene rings is 2. The summed E-state index contributed by atoms with van der Waals surface area (Å²) in [5, 5.41) is 0. The summed E-state index contributed by atoms with van der Waals surface area (Å²) in [5.74, 6) is 0.875. The van der Waals surface area contributed by atoms with Crippen molar-refractivity contribution in [1.29, 1.82) is 0 Å². The molecule has 0 fully saturated rings. The lowest BCUT2D eigenvalue weighted by molar-refractivity contribution is 0.301. The molecule has 0 amide bonds. The van der Waals surface area contributed by atoms with Gasteiger partial charge in [-0.25, -0.2) is 4.39 Å². The van der Waals surface area contributed by atoms with Crippen LogP contribution in [-0.2, 0) is 0 Å². The van der Waals surface area contributed by atoms with Crippen molar-refractivity contribution >= 4 is 0 Å². The summed E-state index contributed by atoms with van der Waals surface area (Å²) in [6.07, 6.45) is 1.79. The van der Waals surface area contributed by atoms with E-state index in [4.69, 9.17) is 10.5 Å². The van der Waals surface area contributed by atoms with Crippen molar-refractivity contribution < 1.29 is 9.13 Å². The van der Waals surface area contributed by atoms with Crippen molar-refractivity contribution in [3.63, 3.8) is 0 Å². The maximum atomic E-state index is 13.3. The normalized spacial score (nSPS) is 12.2. The van der Waals surface area contributed by atoms with E-state index in [1.807, 2.05) is 12.1 Å². The molecule has 0 aliphatic heterocycles.